The van der Waals surface area contributed by atoms with Gasteiger partial charge in [0.1, 0.15) is 0 Å². The van der Waals surface area contributed by atoms with Gasteiger partial charge in [-0.25, -0.2) is 0 Å². The van der Waals surface area contributed by atoms with Crippen molar-refractivity contribution in [3.63, 3.8) is 0 Å². The molecule has 16 heavy (non-hydrogen) atoms. The fourth-order valence-corrected chi connectivity index (χ4v) is 1.78. The molecule has 1 aromatic carbocycles. The van der Waals surface area contributed by atoms with Crippen LogP contribution in [-0.4, -0.2) is 17.4 Å². The molecule has 0 amide bonds. The molecular formula is C12H13BrO3. The smallest absolute Gasteiger partial charge is 0.231 e. The van der Waals surface area contributed by atoms with E-state index in [0.29, 0.717) is 17.1 Å². The number of hydrogen-bond donors (Lipinski definition) is 0. The van der Waals surface area contributed by atoms with Crippen molar-refractivity contribution in [2.75, 3.05) is 6.79 Å². The number of hydrogen-bond acceptors (Lipinski definition) is 3. The number of ketones is 1. The fraction of sp³-hybridized carbons (Fsp3) is 0.417. The highest BCUT2D eigenvalue weighted by atomic mass is 79.9. The standard InChI is InChI=1S/C12H13BrO3/c1-7(2)11(13)12(14)8-3-4-9-10(5-8)16-6-15-9/h3-5,7,11H,6H2,1-2H3. The molecule has 0 saturated heterocycles. The van der Waals surface area contributed by atoms with E-state index in [1.165, 1.54) is 0 Å². The molecule has 0 spiro atoms. The molecule has 1 unspecified atom stereocenters. The summed E-state index contributed by atoms with van der Waals surface area (Å²) in [5.74, 6) is 1.69. The minimum Gasteiger partial charge on any atom is -0.454 e. The first-order chi connectivity index (χ1) is 7.59. The van der Waals surface area contributed by atoms with E-state index in [9.17, 15) is 4.79 Å². The van der Waals surface area contributed by atoms with Crippen LogP contribution in [0.3, 0.4) is 0 Å². The maximum Gasteiger partial charge on any atom is 0.231 e. The molecule has 1 aliphatic rings. The molecule has 1 heterocycles. The van der Waals surface area contributed by atoms with Crippen molar-refractivity contribution < 1.29 is 14.3 Å². The Morgan fingerprint density at radius 2 is 2.00 bits per heavy atom. The van der Waals surface area contributed by atoms with Crippen LogP contribution in [0.2, 0.25) is 0 Å². The lowest BCUT2D eigenvalue weighted by Gasteiger charge is -2.12. The highest BCUT2D eigenvalue weighted by Crippen LogP contribution is 2.33. The van der Waals surface area contributed by atoms with Crippen molar-refractivity contribution in [3.05, 3.63) is 23.8 Å². The van der Waals surface area contributed by atoms with Crippen LogP contribution in [0.5, 0.6) is 11.5 Å². The molecule has 0 radical (unpaired) electrons. The van der Waals surface area contributed by atoms with Gasteiger partial charge in [-0.3, -0.25) is 4.79 Å². The van der Waals surface area contributed by atoms with Crippen molar-refractivity contribution in [1.29, 1.82) is 0 Å². The Morgan fingerprint density at radius 3 is 2.69 bits per heavy atom. The molecule has 0 aliphatic carbocycles. The highest BCUT2D eigenvalue weighted by Gasteiger charge is 2.22. The Labute approximate surface area is 103 Å². The summed E-state index contributed by atoms with van der Waals surface area (Å²) in [6.07, 6.45) is 0. The van der Waals surface area contributed by atoms with Gasteiger partial charge in [0.25, 0.3) is 0 Å². The van der Waals surface area contributed by atoms with Crippen molar-refractivity contribution in [3.8, 4) is 11.5 Å². The summed E-state index contributed by atoms with van der Waals surface area (Å²) < 4.78 is 10.4. The molecule has 0 aromatic heterocycles. The molecule has 0 N–H and O–H groups in total. The number of carbonyl (C=O) groups excluding carboxylic acids is 1. The van der Waals surface area contributed by atoms with E-state index in [2.05, 4.69) is 15.9 Å². The average Bonchev–Trinajstić information content (AvgIpc) is 2.73. The van der Waals surface area contributed by atoms with Gasteiger partial charge in [0.2, 0.25) is 6.79 Å². The quantitative estimate of drug-likeness (QED) is 0.632. The zero-order chi connectivity index (χ0) is 11.7. The summed E-state index contributed by atoms with van der Waals surface area (Å²) in [6.45, 7) is 4.24. The summed E-state index contributed by atoms with van der Waals surface area (Å²) in [7, 11) is 0. The van der Waals surface area contributed by atoms with Gasteiger partial charge in [0, 0.05) is 5.56 Å². The average molecular weight is 285 g/mol. The maximum absolute atomic E-state index is 12.0. The number of rotatable bonds is 3. The Bertz CT molecular complexity index is 415. The second-order valence-electron chi connectivity index (χ2n) is 4.08. The van der Waals surface area contributed by atoms with E-state index < -0.39 is 0 Å². The third-order valence-corrected chi connectivity index (χ3v) is 3.97. The molecule has 86 valence electrons. The summed E-state index contributed by atoms with van der Waals surface area (Å²) in [6, 6.07) is 5.28. The number of carbonyl (C=O) groups is 1. The van der Waals surface area contributed by atoms with Gasteiger partial charge in [-0.1, -0.05) is 29.8 Å². The maximum atomic E-state index is 12.0. The largest absolute Gasteiger partial charge is 0.454 e. The van der Waals surface area contributed by atoms with Gasteiger partial charge in [-0.05, 0) is 24.1 Å². The first-order valence-corrected chi connectivity index (χ1v) is 6.09. The van der Waals surface area contributed by atoms with Gasteiger partial charge in [-0.2, -0.15) is 0 Å². The van der Waals surface area contributed by atoms with Gasteiger partial charge < -0.3 is 9.47 Å². The van der Waals surface area contributed by atoms with Crippen LogP contribution in [0.15, 0.2) is 18.2 Å². The monoisotopic (exact) mass is 284 g/mol. The Balaban J connectivity index is 2.25. The van der Waals surface area contributed by atoms with Gasteiger partial charge in [0.05, 0.1) is 4.83 Å². The van der Waals surface area contributed by atoms with E-state index in [1.54, 1.807) is 18.2 Å². The van der Waals surface area contributed by atoms with E-state index in [-0.39, 0.29) is 23.3 Å². The molecule has 1 aliphatic heterocycles. The van der Waals surface area contributed by atoms with Crippen molar-refractivity contribution in [2.45, 2.75) is 18.7 Å². The normalized spacial score (nSPS) is 15.2. The van der Waals surface area contributed by atoms with Crippen LogP contribution in [0.1, 0.15) is 24.2 Å². The van der Waals surface area contributed by atoms with E-state index >= 15 is 0 Å². The first kappa shape index (κ1) is 11.5. The molecule has 3 nitrogen and oxygen atoms in total. The van der Waals surface area contributed by atoms with Crippen LogP contribution in [0.25, 0.3) is 0 Å². The van der Waals surface area contributed by atoms with Crippen LogP contribution >= 0.6 is 15.9 Å². The van der Waals surface area contributed by atoms with Crippen LogP contribution in [0, 0.1) is 5.92 Å². The second-order valence-corrected chi connectivity index (χ2v) is 5.06. The Morgan fingerprint density at radius 1 is 1.31 bits per heavy atom. The third kappa shape index (κ3) is 2.07. The molecule has 1 atom stereocenters. The first-order valence-electron chi connectivity index (χ1n) is 5.17. The van der Waals surface area contributed by atoms with Crippen LogP contribution in [-0.2, 0) is 0 Å². The second kappa shape index (κ2) is 4.45. The zero-order valence-electron chi connectivity index (χ0n) is 9.20. The molecule has 1 aromatic rings. The minimum absolute atomic E-state index is 0.0771. The fourth-order valence-electron chi connectivity index (χ4n) is 1.51. The summed E-state index contributed by atoms with van der Waals surface area (Å²) in [5, 5.41) is 0. The number of fused-ring (bicyclic) bond motifs is 1. The molecule has 0 bridgehead atoms. The van der Waals surface area contributed by atoms with Crippen LogP contribution in [0.4, 0.5) is 0 Å². The molecular weight excluding hydrogens is 272 g/mol. The van der Waals surface area contributed by atoms with Crippen molar-refractivity contribution >= 4 is 21.7 Å². The van der Waals surface area contributed by atoms with E-state index in [1.807, 2.05) is 13.8 Å². The lowest BCUT2D eigenvalue weighted by atomic mass is 10.0. The molecule has 4 heteroatoms. The SMILES string of the molecule is CC(C)C(Br)C(=O)c1ccc2c(c1)OCO2. The molecule has 2 rings (SSSR count). The van der Waals surface area contributed by atoms with Gasteiger partial charge >= 0.3 is 0 Å². The lowest BCUT2D eigenvalue weighted by molar-refractivity contribution is 0.0977. The van der Waals surface area contributed by atoms with E-state index in [0.717, 1.165) is 0 Å². The highest BCUT2D eigenvalue weighted by molar-refractivity contribution is 9.10. The number of benzene rings is 1. The lowest BCUT2D eigenvalue weighted by Crippen LogP contribution is -2.19. The summed E-state index contributed by atoms with van der Waals surface area (Å²) in [4.78, 5) is 11.9. The van der Waals surface area contributed by atoms with Gasteiger partial charge in [-0.15, -0.1) is 0 Å². The van der Waals surface area contributed by atoms with Crippen LogP contribution < -0.4 is 9.47 Å². The number of halogens is 1. The summed E-state index contributed by atoms with van der Waals surface area (Å²) >= 11 is 3.40. The van der Waals surface area contributed by atoms with Crippen molar-refractivity contribution in [1.82, 2.24) is 0 Å². The molecule has 0 saturated carbocycles. The predicted molar refractivity (Wildman–Crippen MR) is 64.4 cm³/mol. The summed E-state index contributed by atoms with van der Waals surface area (Å²) in [5.41, 5.74) is 0.653. The topological polar surface area (TPSA) is 35.5 Å². The predicted octanol–water partition coefficient (Wildman–Crippen LogP) is 3.02. The number of alkyl halides is 1. The van der Waals surface area contributed by atoms with E-state index in [4.69, 9.17) is 9.47 Å². The number of Topliss-reactive ketones (excluding diaryl/α,β-unsaturated/α-hetero) is 1. The Hall–Kier alpha value is -1.03. The van der Waals surface area contributed by atoms with Gasteiger partial charge in [0.15, 0.2) is 17.3 Å². The zero-order valence-corrected chi connectivity index (χ0v) is 10.8. The molecule has 0 fully saturated rings. The minimum atomic E-state index is -0.159. The van der Waals surface area contributed by atoms with Crippen molar-refractivity contribution in [2.24, 2.45) is 5.92 Å². The number of ether oxygens (including phenoxy) is 2. The Kier molecular flexibility index (Phi) is 3.19. The third-order valence-electron chi connectivity index (χ3n) is 2.49.